The lowest BCUT2D eigenvalue weighted by Crippen LogP contribution is -2.18. The Kier molecular flexibility index (Phi) is 6.02. The van der Waals surface area contributed by atoms with E-state index < -0.39 is 0 Å². The molecule has 4 rings (SSSR count). The summed E-state index contributed by atoms with van der Waals surface area (Å²) in [5.74, 6) is 2.14. The van der Waals surface area contributed by atoms with Gasteiger partial charge in [-0.05, 0) is 67.0 Å². The highest BCUT2D eigenvalue weighted by Gasteiger charge is 2.20. The van der Waals surface area contributed by atoms with Crippen molar-refractivity contribution in [2.75, 3.05) is 7.11 Å². The van der Waals surface area contributed by atoms with Crippen molar-refractivity contribution in [3.05, 3.63) is 58.0 Å². The largest absolute Gasteiger partial charge is 0.507 e. The first-order valence-electron chi connectivity index (χ1n) is 10.8. The third-order valence-electron chi connectivity index (χ3n) is 5.85. The van der Waals surface area contributed by atoms with Crippen LogP contribution in [0.2, 0.25) is 0 Å². The quantitative estimate of drug-likeness (QED) is 0.586. The van der Waals surface area contributed by atoms with Gasteiger partial charge in [0, 0.05) is 0 Å². The summed E-state index contributed by atoms with van der Waals surface area (Å²) in [6.45, 7) is 4.45. The predicted octanol–water partition coefficient (Wildman–Crippen LogP) is 4.45. The lowest BCUT2D eigenvalue weighted by atomic mass is 10.00. The van der Waals surface area contributed by atoms with E-state index in [0.717, 1.165) is 29.7 Å². The Hall–Kier alpha value is -3.22. The maximum Gasteiger partial charge on any atom is 0.343 e. The summed E-state index contributed by atoms with van der Waals surface area (Å²) in [5.41, 5.74) is 2.12. The molecule has 0 amide bonds. The summed E-state index contributed by atoms with van der Waals surface area (Å²) in [7, 11) is 1.62. The average Bonchev–Trinajstić information content (AvgIpc) is 3.39. The third-order valence-corrected chi connectivity index (χ3v) is 5.85. The molecule has 7 nitrogen and oxygen atoms in total. The van der Waals surface area contributed by atoms with Gasteiger partial charge in [0.15, 0.2) is 17.3 Å². The molecule has 1 heterocycles. The van der Waals surface area contributed by atoms with Gasteiger partial charge in [-0.15, -0.1) is 0 Å². The highest BCUT2D eigenvalue weighted by atomic mass is 16.5. The van der Waals surface area contributed by atoms with E-state index in [0.29, 0.717) is 17.1 Å². The molecule has 0 unspecified atom stereocenters. The zero-order valence-electron chi connectivity index (χ0n) is 18.2. The van der Waals surface area contributed by atoms with E-state index in [-0.39, 0.29) is 30.0 Å². The van der Waals surface area contributed by atoms with Crippen LogP contribution in [0.3, 0.4) is 0 Å². The van der Waals surface area contributed by atoms with Crippen LogP contribution in [-0.2, 0) is 6.54 Å². The van der Waals surface area contributed by atoms with Crippen molar-refractivity contribution in [3.63, 3.8) is 0 Å². The molecule has 1 fully saturated rings. The van der Waals surface area contributed by atoms with Crippen LogP contribution in [0.25, 0.3) is 11.4 Å². The van der Waals surface area contributed by atoms with Gasteiger partial charge >= 0.3 is 5.69 Å². The Morgan fingerprint density at radius 2 is 1.94 bits per heavy atom. The molecule has 2 N–H and O–H groups in total. The predicted molar refractivity (Wildman–Crippen MR) is 119 cm³/mol. The zero-order chi connectivity index (χ0) is 22.0. The minimum atomic E-state index is -0.338. The fraction of sp³-hybridized carbons (Fsp3) is 0.417. The number of aromatic hydroxyl groups is 1. The summed E-state index contributed by atoms with van der Waals surface area (Å²) in [5, 5.41) is 17.1. The van der Waals surface area contributed by atoms with Crippen molar-refractivity contribution in [1.29, 1.82) is 0 Å². The van der Waals surface area contributed by atoms with E-state index in [1.807, 2.05) is 30.3 Å². The molecule has 1 aromatic heterocycles. The summed E-state index contributed by atoms with van der Waals surface area (Å²) >= 11 is 0. The topological polar surface area (TPSA) is 89.4 Å². The van der Waals surface area contributed by atoms with Gasteiger partial charge in [-0.2, -0.15) is 5.10 Å². The number of H-pyrrole nitrogens is 1. The first-order chi connectivity index (χ1) is 15.0. The molecule has 2 aromatic carbocycles. The smallest absolute Gasteiger partial charge is 0.343 e. The lowest BCUT2D eigenvalue weighted by Gasteiger charge is -2.17. The summed E-state index contributed by atoms with van der Waals surface area (Å²) in [6.07, 6.45) is 4.76. The second-order valence-electron chi connectivity index (χ2n) is 8.38. The maximum absolute atomic E-state index is 12.5. The number of aromatic nitrogens is 3. The lowest BCUT2D eigenvalue weighted by molar-refractivity contribution is 0.200. The van der Waals surface area contributed by atoms with Gasteiger partial charge in [-0.1, -0.05) is 26.0 Å². The Labute approximate surface area is 181 Å². The van der Waals surface area contributed by atoms with Crippen LogP contribution < -0.4 is 15.2 Å². The zero-order valence-corrected chi connectivity index (χ0v) is 18.2. The number of rotatable bonds is 7. The monoisotopic (exact) mass is 423 g/mol. The van der Waals surface area contributed by atoms with Gasteiger partial charge in [0.1, 0.15) is 5.75 Å². The van der Waals surface area contributed by atoms with Gasteiger partial charge in [0.05, 0.1) is 25.3 Å². The van der Waals surface area contributed by atoms with Gasteiger partial charge in [0.25, 0.3) is 0 Å². The van der Waals surface area contributed by atoms with E-state index in [2.05, 4.69) is 24.0 Å². The Morgan fingerprint density at radius 3 is 2.65 bits per heavy atom. The van der Waals surface area contributed by atoms with Crippen LogP contribution in [0.1, 0.15) is 56.6 Å². The molecule has 0 aliphatic heterocycles. The Bertz CT molecular complexity index is 1110. The number of phenols is 1. The number of benzene rings is 2. The van der Waals surface area contributed by atoms with E-state index in [1.54, 1.807) is 13.2 Å². The van der Waals surface area contributed by atoms with Gasteiger partial charge < -0.3 is 14.6 Å². The standard InChI is InChI=1S/C24H29N3O4/c1-15(2)17-9-10-20(28)19(13-17)23-25-26-24(29)27(23)14-16-8-11-21(22(12-16)30-3)31-18-6-4-5-7-18/h8-13,15,18,28H,4-7,14H2,1-3H3,(H,26,29). The summed E-state index contributed by atoms with van der Waals surface area (Å²) in [4.78, 5) is 12.5. The molecule has 1 aliphatic carbocycles. The molecule has 0 saturated heterocycles. The maximum atomic E-state index is 12.5. The number of hydrogen-bond donors (Lipinski definition) is 2. The fourth-order valence-electron chi connectivity index (χ4n) is 4.04. The van der Waals surface area contributed by atoms with Gasteiger partial charge in [-0.25, -0.2) is 9.89 Å². The second-order valence-corrected chi connectivity index (χ2v) is 8.38. The third kappa shape index (κ3) is 4.45. The molecule has 0 bridgehead atoms. The van der Waals surface area contributed by atoms with Crippen LogP contribution in [-0.4, -0.2) is 33.1 Å². The number of ether oxygens (including phenoxy) is 2. The molecule has 3 aromatic rings. The molecule has 1 saturated carbocycles. The number of nitrogens with zero attached hydrogens (tertiary/aromatic N) is 2. The number of phenolic OH excluding ortho intramolecular Hbond substituents is 1. The van der Waals surface area contributed by atoms with E-state index in [1.165, 1.54) is 17.4 Å². The molecule has 0 spiro atoms. The molecular weight excluding hydrogens is 394 g/mol. The number of aromatic amines is 1. The molecule has 7 heteroatoms. The summed E-state index contributed by atoms with van der Waals surface area (Å²) < 4.78 is 13.2. The Morgan fingerprint density at radius 1 is 1.16 bits per heavy atom. The normalized spacial score (nSPS) is 14.3. The first kappa shape index (κ1) is 21.0. The van der Waals surface area contributed by atoms with Gasteiger partial charge in [-0.3, -0.25) is 4.57 Å². The fourth-order valence-corrected chi connectivity index (χ4v) is 4.04. The minimum Gasteiger partial charge on any atom is -0.507 e. The average molecular weight is 424 g/mol. The van der Waals surface area contributed by atoms with Crippen LogP contribution in [0, 0.1) is 0 Å². The second kappa shape index (κ2) is 8.88. The number of hydrogen-bond acceptors (Lipinski definition) is 5. The number of nitrogens with one attached hydrogen (secondary N) is 1. The van der Waals surface area contributed by atoms with Crippen molar-refractivity contribution in [2.24, 2.45) is 0 Å². The van der Waals surface area contributed by atoms with Crippen molar-refractivity contribution >= 4 is 0 Å². The highest BCUT2D eigenvalue weighted by molar-refractivity contribution is 5.65. The van der Waals surface area contributed by atoms with Crippen LogP contribution in [0.15, 0.2) is 41.2 Å². The van der Waals surface area contributed by atoms with Crippen LogP contribution in [0.5, 0.6) is 17.2 Å². The van der Waals surface area contributed by atoms with E-state index >= 15 is 0 Å². The van der Waals surface area contributed by atoms with Crippen molar-refractivity contribution in [1.82, 2.24) is 14.8 Å². The molecule has 0 radical (unpaired) electrons. The SMILES string of the molecule is COc1cc(Cn2c(-c3cc(C(C)C)ccc3O)n[nH]c2=O)ccc1OC1CCCC1. The number of methoxy groups -OCH3 is 1. The Balaban J connectivity index is 1.64. The molecule has 164 valence electrons. The van der Waals surface area contributed by atoms with E-state index in [9.17, 15) is 9.90 Å². The van der Waals surface area contributed by atoms with Crippen molar-refractivity contribution in [2.45, 2.75) is 58.1 Å². The first-order valence-corrected chi connectivity index (χ1v) is 10.8. The van der Waals surface area contributed by atoms with Crippen LogP contribution in [0.4, 0.5) is 0 Å². The highest BCUT2D eigenvalue weighted by Crippen LogP contribution is 2.34. The van der Waals surface area contributed by atoms with Crippen LogP contribution >= 0.6 is 0 Å². The van der Waals surface area contributed by atoms with Gasteiger partial charge in [0.2, 0.25) is 0 Å². The molecule has 0 atom stereocenters. The molecular formula is C24H29N3O4. The van der Waals surface area contributed by atoms with Crippen molar-refractivity contribution in [3.8, 4) is 28.6 Å². The molecule has 1 aliphatic rings. The van der Waals surface area contributed by atoms with E-state index in [4.69, 9.17) is 9.47 Å². The minimum absolute atomic E-state index is 0.0857. The van der Waals surface area contributed by atoms with Crippen molar-refractivity contribution < 1.29 is 14.6 Å². The molecule has 31 heavy (non-hydrogen) atoms. The summed E-state index contributed by atoms with van der Waals surface area (Å²) in [6, 6.07) is 11.1.